The Hall–Kier alpha value is -2.42. The summed E-state index contributed by atoms with van der Waals surface area (Å²) in [5.74, 6) is -0.841. The van der Waals surface area contributed by atoms with Crippen molar-refractivity contribution in [1.82, 2.24) is 0 Å². The molecule has 1 aromatic heterocycles. The molecule has 3 heteroatoms. The van der Waals surface area contributed by atoms with Crippen molar-refractivity contribution in [3.8, 4) is 0 Å². The van der Waals surface area contributed by atoms with Crippen molar-refractivity contribution < 1.29 is 14.5 Å². The number of carboxylic acids is 1. The summed E-state index contributed by atoms with van der Waals surface area (Å²) in [7, 11) is 0. The summed E-state index contributed by atoms with van der Waals surface area (Å²) in [6.07, 6.45) is 7.63. The first-order valence-electron chi connectivity index (χ1n) is 7.34. The van der Waals surface area contributed by atoms with Crippen LogP contribution in [0.3, 0.4) is 0 Å². The molecule has 1 aromatic carbocycles. The quantitative estimate of drug-likeness (QED) is 0.877. The van der Waals surface area contributed by atoms with Gasteiger partial charge in [-0.3, -0.25) is 0 Å². The standard InChI is InChI=1S/C19H21NO2/c1-19(2,3)17-8-6-15(7-9-17)4-5-16-10-12-20(13-11-16)14-18(21)22/h4-13H,14H2,1-3H3/p+1/b5-4-. The molecule has 0 atom stereocenters. The van der Waals surface area contributed by atoms with Crippen molar-refractivity contribution in [2.24, 2.45) is 0 Å². The highest BCUT2D eigenvalue weighted by Crippen LogP contribution is 2.22. The lowest BCUT2D eigenvalue weighted by atomic mass is 9.87. The number of carboxylic acid groups (broad SMARTS) is 1. The van der Waals surface area contributed by atoms with Crippen LogP contribution < -0.4 is 4.57 Å². The van der Waals surface area contributed by atoms with E-state index in [2.05, 4.69) is 51.1 Å². The van der Waals surface area contributed by atoms with E-state index < -0.39 is 5.97 Å². The van der Waals surface area contributed by atoms with Crippen LogP contribution in [0.25, 0.3) is 12.2 Å². The number of rotatable bonds is 4. The smallest absolute Gasteiger partial charge is 0.370 e. The van der Waals surface area contributed by atoms with Gasteiger partial charge in [0.15, 0.2) is 12.4 Å². The molecule has 1 N–H and O–H groups in total. The minimum Gasteiger partial charge on any atom is -0.477 e. The molecule has 0 radical (unpaired) electrons. The highest BCUT2D eigenvalue weighted by Gasteiger charge is 2.12. The molecule has 0 spiro atoms. The van der Waals surface area contributed by atoms with Gasteiger partial charge in [0.25, 0.3) is 0 Å². The summed E-state index contributed by atoms with van der Waals surface area (Å²) in [5.41, 5.74) is 3.68. The fraction of sp³-hybridized carbons (Fsp3) is 0.263. The number of hydrogen-bond donors (Lipinski definition) is 1. The van der Waals surface area contributed by atoms with E-state index in [1.165, 1.54) is 5.56 Å². The van der Waals surface area contributed by atoms with E-state index in [9.17, 15) is 4.79 Å². The van der Waals surface area contributed by atoms with Crippen LogP contribution in [-0.4, -0.2) is 11.1 Å². The van der Waals surface area contributed by atoms with Gasteiger partial charge in [-0.1, -0.05) is 57.2 Å². The zero-order valence-electron chi connectivity index (χ0n) is 13.3. The molecule has 1 heterocycles. The molecule has 0 aliphatic heterocycles. The number of pyridine rings is 1. The molecule has 0 saturated carbocycles. The third-order valence-electron chi connectivity index (χ3n) is 3.48. The second-order valence-corrected chi connectivity index (χ2v) is 6.40. The molecule has 22 heavy (non-hydrogen) atoms. The van der Waals surface area contributed by atoms with Crippen molar-refractivity contribution >= 4 is 18.1 Å². The van der Waals surface area contributed by atoms with Crippen LogP contribution in [0.1, 0.15) is 37.5 Å². The maximum atomic E-state index is 10.6. The number of hydrogen-bond acceptors (Lipinski definition) is 1. The van der Waals surface area contributed by atoms with Crippen LogP contribution >= 0.6 is 0 Å². The summed E-state index contributed by atoms with van der Waals surface area (Å²) in [6, 6.07) is 12.4. The number of carbonyl (C=O) groups is 1. The molecule has 0 saturated heterocycles. The lowest BCUT2D eigenvalue weighted by Gasteiger charge is -2.18. The van der Waals surface area contributed by atoms with Crippen LogP contribution in [0, 0.1) is 0 Å². The Labute approximate surface area is 131 Å². The van der Waals surface area contributed by atoms with E-state index >= 15 is 0 Å². The van der Waals surface area contributed by atoms with Gasteiger partial charge in [0.1, 0.15) is 0 Å². The molecule has 0 aliphatic carbocycles. The van der Waals surface area contributed by atoms with Crippen LogP contribution in [0.5, 0.6) is 0 Å². The molecule has 0 unspecified atom stereocenters. The topological polar surface area (TPSA) is 41.2 Å². The molecular weight excluding hydrogens is 274 g/mol. The van der Waals surface area contributed by atoms with Crippen molar-refractivity contribution in [3.63, 3.8) is 0 Å². The maximum absolute atomic E-state index is 10.6. The second-order valence-electron chi connectivity index (χ2n) is 6.40. The number of aromatic nitrogens is 1. The molecular formula is C19H22NO2+. The Bertz CT molecular complexity index is 662. The number of aliphatic carboxylic acids is 1. The van der Waals surface area contributed by atoms with Crippen LogP contribution in [0.15, 0.2) is 48.8 Å². The van der Waals surface area contributed by atoms with Gasteiger partial charge in [-0.2, -0.15) is 4.57 Å². The van der Waals surface area contributed by atoms with Crippen molar-refractivity contribution in [3.05, 3.63) is 65.5 Å². The normalized spacial score (nSPS) is 11.8. The summed E-state index contributed by atoms with van der Waals surface area (Å²) >= 11 is 0. The molecule has 0 amide bonds. The SMILES string of the molecule is CC(C)(C)c1ccc(/C=C\c2cc[n+](CC(=O)O)cc2)cc1. The summed E-state index contributed by atoms with van der Waals surface area (Å²) in [4.78, 5) is 10.6. The van der Waals surface area contributed by atoms with E-state index in [1.54, 1.807) is 17.0 Å². The summed E-state index contributed by atoms with van der Waals surface area (Å²) < 4.78 is 1.64. The molecule has 0 fully saturated rings. The Balaban J connectivity index is 2.06. The monoisotopic (exact) mass is 296 g/mol. The third-order valence-corrected chi connectivity index (χ3v) is 3.48. The highest BCUT2D eigenvalue weighted by molar-refractivity contribution is 5.69. The molecule has 2 aromatic rings. The maximum Gasteiger partial charge on any atom is 0.370 e. The van der Waals surface area contributed by atoms with Crippen LogP contribution in [0.2, 0.25) is 0 Å². The fourth-order valence-corrected chi connectivity index (χ4v) is 2.13. The Morgan fingerprint density at radius 3 is 1.95 bits per heavy atom. The Morgan fingerprint density at radius 1 is 1.00 bits per heavy atom. The highest BCUT2D eigenvalue weighted by atomic mass is 16.4. The average molecular weight is 296 g/mol. The number of benzene rings is 1. The lowest BCUT2D eigenvalue weighted by molar-refractivity contribution is -0.685. The number of nitrogens with zero attached hydrogens (tertiary/aromatic N) is 1. The van der Waals surface area contributed by atoms with Crippen molar-refractivity contribution in [1.29, 1.82) is 0 Å². The minimum absolute atomic E-state index is 0.0156. The first-order valence-corrected chi connectivity index (χ1v) is 7.34. The Kier molecular flexibility index (Phi) is 4.76. The first-order chi connectivity index (χ1) is 10.3. The van der Waals surface area contributed by atoms with Gasteiger partial charge in [0, 0.05) is 12.1 Å². The average Bonchev–Trinajstić information content (AvgIpc) is 2.45. The van der Waals surface area contributed by atoms with E-state index in [0.29, 0.717) is 0 Å². The van der Waals surface area contributed by atoms with Gasteiger partial charge < -0.3 is 5.11 Å². The van der Waals surface area contributed by atoms with Gasteiger partial charge in [0.2, 0.25) is 6.54 Å². The van der Waals surface area contributed by atoms with Gasteiger partial charge in [-0.05, 0) is 22.1 Å². The molecule has 114 valence electrons. The zero-order valence-corrected chi connectivity index (χ0v) is 13.3. The summed E-state index contributed by atoms with van der Waals surface area (Å²) in [5, 5.41) is 8.73. The lowest BCUT2D eigenvalue weighted by Crippen LogP contribution is -2.36. The zero-order chi connectivity index (χ0) is 16.2. The van der Waals surface area contributed by atoms with E-state index in [-0.39, 0.29) is 12.0 Å². The van der Waals surface area contributed by atoms with Gasteiger partial charge in [0.05, 0.1) is 0 Å². The van der Waals surface area contributed by atoms with E-state index in [4.69, 9.17) is 5.11 Å². The molecule has 0 bridgehead atoms. The molecule has 3 nitrogen and oxygen atoms in total. The van der Waals surface area contributed by atoms with Crippen LogP contribution in [-0.2, 0) is 16.8 Å². The fourth-order valence-electron chi connectivity index (χ4n) is 2.13. The second kappa shape index (κ2) is 6.56. The molecule has 2 rings (SSSR count). The van der Waals surface area contributed by atoms with Crippen molar-refractivity contribution in [2.75, 3.05) is 0 Å². The van der Waals surface area contributed by atoms with E-state index in [0.717, 1.165) is 11.1 Å². The Morgan fingerprint density at radius 2 is 1.50 bits per heavy atom. The predicted molar refractivity (Wildman–Crippen MR) is 88.3 cm³/mol. The summed E-state index contributed by atoms with van der Waals surface area (Å²) in [6.45, 7) is 6.59. The van der Waals surface area contributed by atoms with E-state index in [1.807, 2.05) is 18.2 Å². The van der Waals surface area contributed by atoms with Crippen molar-refractivity contribution in [2.45, 2.75) is 32.7 Å². The van der Waals surface area contributed by atoms with Gasteiger partial charge in [-0.25, -0.2) is 4.79 Å². The van der Waals surface area contributed by atoms with Gasteiger partial charge >= 0.3 is 5.97 Å². The largest absolute Gasteiger partial charge is 0.477 e. The minimum atomic E-state index is -0.841. The third kappa shape index (κ3) is 4.55. The van der Waals surface area contributed by atoms with Gasteiger partial charge in [-0.15, -0.1) is 0 Å². The molecule has 0 aliphatic rings. The first kappa shape index (κ1) is 16.0. The predicted octanol–water partition coefficient (Wildman–Crippen LogP) is 3.53. The van der Waals surface area contributed by atoms with Crippen LogP contribution in [0.4, 0.5) is 0 Å².